The molecule has 7 aromatic rings. The maximum absolute atomic E-state index is 14.9. The standard InChI is InChI=1S/C45H40ClN5O3/c46-45-48-42(40-22-23-47-43(40)49-45)36-16-18-37(19-17-36)51(29-35-15-9-14-34(26-35)28-50-24-7-8-25-50)44(52)39-21-20-38(53-30-32-10-3-1-4-11-32)27-41(39)54-31-33-12-5-2-6-13-33/h1-6,9-23,26-27H,7-8,24-25,28-31H2,(H,47,48,49). The van der Waals surface area contributed by atoms with Crippen molar-refractivity contribution < 1.29 is 14.3 Å². The lowest BCUT2D eigenvalue weighted by molar-refractivity contribution is 0.0980. The lowest BCUT2D eigenvalue weighted by Gasteiger charge is -2.25. The van der Waals surface area contributed by atoms with Gasteiger partial charge >= 0.3 is 0 Å². The Kier molecular flexibility index (Phi) is 10.6. The Labute approximate surface area is 320 Å². The Hall–Kier alpha value is -5.96. The first-order valence-corrected chi connectivity index (χ1v) is 18.6. The Morgan fingerprint density at radius 2 is 1.41 bits per heavy atom. The first kappa shape index (κ1) is 35.1. The number of ether oxygens (including phenoxy) is 2. The predicted molar refractivity (Wildman–Crippen MR) is 214 cm³/mol. The van der Waals surface area contributed by atoms with E-state index in [1.165, 1.54) is 18.4 Å². The van der Waals surface area contributed by atoms with E-state index in [0.717, 1.165) is 53.0 Å². The molecule has 270 valence electrons. The highest BCUT2D eigenvalue weighted by atomic mass is 35.5. The summed E-state index contributed by atoms with van der Waals surface area (Å²) in [7, 11) is 0. The van der Waals surface area contributed by atoms with Gasteiger partial charge < -0.3 is 19.4 Å². The Bertz CT molecular complexity index is 2340. The molecular formula is C45H40ClN5O3. The van der Waals surface area contributed by atoms with Crippen LogP contribution in [0.1, 0.15) is 45.5 Å². The zero-order chi connectivity index (χ0) is 36.7. The molecule has 8 nitrogen and oxygen atoms in total. The highest BCUT2D eigenvalue weighted by molar-refractivity contribution is 6.28. The minimum atomic E-state index is -0.191. The fourth-order valence-electron chi connectivity index (χ4n) is 6.93. The molecular weight excluding hydrogens is 694 g/mol. The third kappa shape index (κ3) is 8.31. The number of aromatic nitrogens is 3. The second-order valence-electron chi connectivity index (χ2n) is 13.5. The molecule has 1 amide bonds. The third-order valence-electron chi connectivity index (χ3n) is 9.69. The summed E-state index contributed by atoms with van der Waals surface area (Å²) < 4.78 is 12.6. The number of hydrogen-bond donors (Lipinski definition) is 1. The Morgan fingerprint density at radius 1 is 0.722 bits per heavy atom. The summed E-state index contributed by atoms with van der Waals surface area (Å²) in [5.41, 5.74) is 7.73. The van der Waals surface area contributed by atoms with Crippen molar-refractivity contribution in [1.29, 1.82) is 0 Å². The molecule has 1 N–H and O–H groups in total. The molecule has 0 unspecified atom stereocenters. The van der Waals surface area contributed by atoms with Crippen molar-refractivity contribution in [3.63, 3.8) is 0 Å². The quantitative estimate of drug-likeness (QED) is 0.119. The molecule has 0 atom stereocenters. The summed E-state index contributed by atoms with van der Waals surface area (Å²) in [6, 6.07) is 43.7. The van der Waals surface area contributed by atoms with E-state index in [2.05, 4.69) is 44.1 Å². The molecule has 1 saturated heterocycles. The molecule has 5 aromatic carbocycles. The SMILES string of the molecule is O=C(c1ccc(OCc2ccccc2)cc1OCc1ccccc1)N(Cc1cccc(CN2CCCC2)c1)c1ccc(-c2nc(Cl)nc3[nH]ccc23)cc1. The molecule has 0 bridgehead atoms. The number of nitrogens with one attached hydrogen (secondary N) is 1. The number of nitrogens with zero attached hydrogens (tertiary/aromatic N) is 4. The number of anilines is 1. The van der Waals surface area contributed by atoms with E-state index in [1.807, 2.05) is 114 Å². The first-order valence-electron chi connectivity index (χ1n) is 18.3. The largest absolute Gasteiger partial charge is 0.489 e. The number of carbonyl (C=O) groups is 1. The Balaban J connectivity index is 1.14. The first-order chi connectivity index (χ1) is 26.6. The van der Waals surface area contributed by atoms with E-state index in [0.29, 0.717) is 48.2 Å². The van der Waals surface area contributed by atoms with Gasteiger partial charge in [0.2, 0.25) is 5.28 Å². The molecule has 2 aromatic heterocycles. The summed E-state index contributed by atoms with van der Waals surface area (Å²) >= 11 is 6.30. The fourth-order valence-corrected chi connectivity index (χ4v) is 7.10. The molecule has 1 aliphatic rings. The molecule has 3 heterocycles. The van der Waals surface area contributed by atoms with Crippen LogP contribution in [-0.4, -0.2) is 38.8 Å². The average molecular weight is 734 g/mol. The van der Waals surface area contributed by atoms with Crippen LogP contribution in [0, 0.1) is 0 Å². The predicted octanol–water partition coefficient (Wildman–Crippen LogP) is 9.88. The van der Waals surface area contributed by atoms with Gasteiger partial charge in [-0.25, -0.2) is 4.98 Å². The lowest BCUT2D eigenvalue weighted by atomic mass is 10.1. The van der Waals surface area contributed by atoms with Crippen molar-refractivity contribution in [2.45, 2.75) is 39.1 Å². The fraction of sp³-hybridized carbons (Fsp3) is 0.178. The van der Waals surface area contributed by atoms with Crippen molar-refractivity contribution in [3.05, 3.63) is 173 Å². The van der Waals surface area contributed by atoms with Crippen molar-refractivity contribution in [3.8, 4) is 22.8 Å². The van der Waals surface area contributed by atoms with Gasteiger partial charge in [-0.05, 0) is 90.1 Å². The van der Waals surface area contributed by atoms with E-state index in [9.17, 15) is 4.79 Å². The number of carbonyl (C=O) groups excluding carboxylic acids is 1. The molecule has 0 saturated carbocycles. The number of halogens is 1. The molecule has 0 spiro atoms. The molecule has 8 rings (SSSR count). The van der Waals surface area contributed by atoms with Crippen LogP contribution < -0.4 is 14.4 Å². The summed E-state index contributed by atoms with van der Waals surface area (Å²) in [4.78, 5) is 31.2. The van der Waals surface area contributed by atoms with Gasteiger partial charge in [0.15, 0.2) is 0 Å². The number of benzene rings is 5. The van der Waals surface area contributed by atoms with Gasteiger partial charge in [0, 0.05) is 35.4 Å². The van der Waals surface area contributed by atoms with Crippen LogP contribution in [-0.2, 0) is 26.3 Å². The van der Waals surface area contributed by atoms with Crippen LogP contribution in [0.4, 0.5) is 5.69 Å². The smallest absolute Gasteiger partial charge is 0.262 e. The van der Waals surface area contributed by atoms with Crippen molar-refractivity contribution in [2.75, 3.05) is 18.0 Å². The van der Waals surface area contributed by atoms with Crippen molar-refractivity contribution >= 4 is 34.2 Å². The summed E-state index contributed by atoms with van der Waals surface area (Å²) in [5, 5.41) is 1.03. The van der Waals surface area contributed by atoms with E-state index in [-0.39, 0.29) is 11.2 Å². The van der Waals surface area contributed by atoms with Gasteiger partial charge in [0.05, 0.1) is 17.8 Å². The Morgan fingerprint density at radius 3 is 2.15 bits per heavy atom. The topological polar surface area (TPSA) is 83.6 Å². The van der Waals surface area contributed by atoms with Gasteiger partial charge in [0.25, 0.3) is 5.91 Å². The molecule has 9 heteroatoms. The molecule has 1 aliphatic heterocycles. The number of hydrogen-bond acceptors (Lipinski definition) is 6. The molecule has 0 aliphatic carbocycles. The summed E-state index contributed by atoms with van der Waals surface area (Å²) in [5.74, 6) is 0.872. The highest BCUT2D eigenvalue weighted by Gasteiger charge is 2.24. The minimum Gasteiger partial charge on any atom is -0.489 e. The van der Waals surface area contributed by atoms with Crippen LogP contribution in [0.2, 0.25) is 5.28 Å². The number of amides is 1. The van der Waals surface area contributed by atoms with E-state index in [1.54, 1.807) is 6.07 Å². The molecule has 54 heavy (non-hydrogen) atoms. The van der Waals surface area contributed by atoms with Gasteiger partial charge in [0.1, 0.15) is 30.4 Å². The minimum absolute atomic E-state index is 0.161. The molecule has 0 radical (unpaired) electrons. The summed E-state index contributed by atoms with van der Waals surface area (Å²) in [6.45, 7) is 4.18. The number of aromatic amines is 1. The number of rotatable bonds is 13. The van der Waals surface area contributed by atoms with Gasteiger partial charge in [-0.15, -0.1) is 0 Å². The maximum atomic E-state index is 14.9. The maximum Gasteiger partial charge on any atom is 0.262 e. The second kappa shape index (κ2) is 16.4. The van der Waals surface area contributed by atoms with Crippen molar-refractivity contribution in [1.82, 2.24) is 19.9 Å². The van der Waals surface area contributed by atoms with Crippen LogP contribution in [0.3, 0.4) is 0 Å². The molecule has 1 fully saturated rings. The second-order valence-corrected chi connectivity index (χ2v) is 13.9. The van der Waals surface area contributed by atoms with Crippen LogP contribution in [0.15, 0.2) is 140 Å². The monoisotopic (exact) mass is 733 g/mol. The van der Waals surface area contributed by atoms with E-state index in [4.69, 9.17) is 21.1 Å². The van der Waals surface area contributed by atoms with Crippen LogP contribution in [0.25, 0.3) is 22.3 Å². The number of fused-ring (bicyclic) bond motifs is 1. The number of likely N-dealkylation sites (tertiary alicyclic amines) is 1. The summed E-state index contributed by atoms with van der Waals surface area (Å²) in [6.07, 6.45) is 4.29. The van der Waals surface area contributed by atoms with E-state index >= 15 is 0 Å². The number of H-pyrrole nitrogens is 1. The van der Waals surface area contributed by atoms with Crippen LogP contribution >= 0.6 is 11.6 Å². The van der Waals surface area contributed by atoms with Gasteiger partial charge in [-0.3, -0.25) is 9.69 Å². The zero-order valence-electron chi connectivity index (χ0n) is 29.8. The average Bonchev–Trinajstić information content (AvgIpc) is 3.91. The lowest BCUT2D eigenvalue weighted by Crippen LogP contribution is -2.31. The zero-order valence-corrected chi connectivity index (χ0v) is 30.6. The van der Waals surface area contributed by atoms with Crippen molar-refractivity contribution in [2.24, 2.45) is 0 Å². The van der Waals surface area contributed by atoms with Gasteiger partial charge in [-0.2, -0.15) is 4.98 Å². The van der Waals surface area contributed by atoms with E-state index < -0.39 is 0 Å². The highest BCUT2D eigenvalue weighted by Crippen LogP contribution is 2.33. The third-order valence-corrected chi connectivity index (χ3v) is 9.86. The van der Waals surface area contributed by atoms with Gasteiger partial charge in [-0.1, -0.05) is 97.1 Å². The van der Waals surface area contributed by atoms with Crippen LogP contribution in [0.5, 0.6) is 11.5 Å². The normalized spacial score (nSPS) is 12.9.